The summed E-state index contributed by atoms with van der Waals surface area (Å²) in [5.74, 6) is 1.61. The Hall–Kier alpha value is -2.30. The smallest absolute Gasteiger partial charge is 0.122 e. The number of nitrogens with one attached hydrogen (secondary N) is 1. The summed E-state index contributed by atoms with van der Waals surface area (Å²) in [7, 11) is 0. The summed E-state index contributed by atoms with van der Waals surface area (Å²) in [5, 5.41) is 3.89. The monoisotopic (exact) mass is 357 g/mol. The van der Waals surface area contributed by atoms with E-state index in [9.17, 15) is 0 Å². The van der Waals surface area contributed by atoms with Gasteiger partial charge in [0.2, 0.25) is 0 Å². The van der Waals surface area contributed by atoms with Crippen LogP contribution < -0.4 is 10.1 Å². The molecule has 0 saturated heterocycles. The zero-order valence-corrected chi connectivity index (χ0v) is 14.4. The topological polar surface area (TPSA) is 34.4 Å². The molecule has 0 atom stereocenters. The van der Waals surface area contributed by atoms with Crippen molar-refractivity contribution in [1.82, 2.24) is 5.32 Å². The van der Waals surface area contributed by atoms with Crippen molar-refractivity contribution in [1.29, 1.82) is 0 Å². The Balaban J connectivity index is 1.58. The van der Waals surface area contributed by atoms with E-state index >= 15 is 0 Å². The van der Waals surface area contributed by atoms with Gasteiger partial charge in [-0.25, -0.2) is 0 Å². The predicted molar refractivity (Wildman–Crippen MR) is 99.5 cm³/mol. The first kappa shape index (κ1) is 16.6. The minimum atomic E-state index is 0.479. The van der Waals surface area contributed by atoms with Crippen molar-refractivity contribution in [2.75, 3.05) is 0 Å². The lowest BCUT2D eigenvalue weighted by Gasteiger charge is -2.10. The van der Waals surface area contributed by atoms with Crippen LogP contribution in [0.2, 0.25) is 5.02 Å². The molecular weight excluding hydrogens is 342 g/mol. The van der Waals surface area contributed by atoms with E-state index in [2.05, 4.69) is 5.32 Å². The normalized spacial score (nSPS) is 10.4. The summed E-state index contributed by atoms with van der Waals surface area (Å²) in [5.41, 5.74) is 1.97. The van der Waals surface area contributed by atoms with Crippen LogP contribution in [0.3, 0.4) is 0 Å². The van der Waals surface area contributed by atoms with Crippen LogP contribution in [0.1, 0.15) is 16.9 Å². The van der Waals surface area contributed by atoms with Crippen molar-refractivity contribution >= 4 is 28.8 Å². The molecule has 2 aromatic carbocycles. The third-order valence-corrected chi connectivity index (χ3v) is 4.05. The number of rotatable bonds is 6. The number of benzene rings is 2. The van der Waals surface area contributed by atoms with Crippen molar-refractivity contribution < 1.29 is 9.15 Å². The van der Waals surface area contributed by atoms with Gasteiger partial charge in [-0.1, -0.05) is 48.1 Å². The van der Waals surface area contributed by atoms with Gasteiger partial charge in [0, 0.05) is 10.6 Å². The number of halogens is 1. The van der Waals surface area contributed by atoms with Crippen LogP contribution >= 0.6 is 23.8 Å². The molecule has 0 aliphatic heterocycles. The van der Waals surface area contributed by atoms with Crippen molar-refractivity contribution in [2.24, 2.45) is 0 Å². The summed E-state index contributed by atoms with van der Waals surface area (Å²) < 4.78 is 11.1. The molecular formula is C19H16ClNO2S. The molecule has 24 heavy (non-hydrogen) atoms. The first-order chi connectivity index (χ1) is 11.7. The number of hydrogen-bond donors (Lipinski definition) is 1. The predicted octanol–water partition coefficient (Wildman–Crippen LogP) is 4.98. The van der Waals surface area contributed by atoms with E-state index in [1.807, 2.05) is 60.7 Å². The molecule has 0 unspecified atom stereocenters. The van der Waals surface area contributed by atoms with E-state index < -0.39 is 0 Å². The second-order valence-electron chi connectivity index (χ2n) is 5.21. The van der Waals surface area contributed by atoms with E-state index in [1.54, 1.807) is 6.26 Å². The molecule has 0 aliphatic rings. The average molecular weight is 358 g/mol. The standard InChI is InChI=1S/C19H16ClNO2S/c20-16-8-6-14(7-9-16)13-23-17-4-1-3-15(11-17)19(24)21-12-18-5-2-10-22-18/h1-11H,12-13H2,(H,21,24). The molecule has 3 rings (SSSR count). The molecule has 0 bridgehead atoms. The van der Waals surface area contributed by atoms with Gasteiger partial charge in [-0.2, -0.15) is 0 Å². The van der Waals surface area contributed by atoms with E-state index in [-0.39, 0.29) is 0 Å². The molecule has 5 heteroatoms. The van der Waals surface area contributed by atoms with Crippen LogP contribution in [0.15, 0.2) is 71.3 Å². The van der Waals surface area contributed by atoms with Gasteiger partial charge in [0.05, 0.1) is 12.8 Å². The van der Waals surface area contributed by atoms with Crippen molar-refractivity contribution in [3.05, 3.63) is 88.8 Å². The number of furan rings is 1. The molecule has 1 N–H and O–H groups in total. The van der Waals surface area contributed by atoms with Gasteiger partial charge in [-0.05, 0) is 42.0 Å². The maximum atomic E-state index is 5.88. The van der Waals surface area contributed by atoms with Crippen LogP contribution in [0, 0.1) is 0 Å². The lowest BCUT2D eigenvalue weighted by Crippen LogP contribution is -2.21. The van der Waals surface area contributed by atoms with E-state index in [4.69, 9.17) is 33.0 Å². The Morgan fingerprint density at radius 3 is 2.67 bits per heavy atom. The molecule has 3 nitrogen and oxygen atoms in total. The third kappa shape index (κ3) is 4.60. The summed E-state index contributed by atoms with van der Waals surface area (Å²) in [6.45, 7) is 1.04. The molecule has 0 saturated carbocycles. The average Bonchev–Trinajstić information content (AvgIpc) is 3.13. The fraction of sp³-hybridized carbons (Fsp3) is 0.105. The molecule has 1 aromatic heterocycles. The van der Waals surface area contributed by atoms with Crippen LogP contribution in [-0.4, -0.2) is 4.99 Å². The third-order valence-electron chi connectivity index (χ3n) is 3.42. The second-order valence-corrected chi connectivity index (χ2v) is 6.05. The molecule has 122 valence electrons. The number of ether oxygens (including phenoxy) is 1. The van der Waals surface area contributed by atoms with Crippen molar-refractivity contribution in [3.63, 3.8) is 0 Å². The molecule has 0 aliphatic carbocycles. The highest BCUT2D eigenvalue weighted by Crippen LogP contribution is 2.17. The Labute approximate surface area is 151 Å². The van der Waals surface area contributed by atoms with Crippen LogP contribution in [0.5, 0.6) is 5.75 Å². The Kier molecular flexibility index (Phi) is 5.51. The van der Waals surface area contributed by atoms with Crippen LogP contribution in [0.4, 0.5) is 0 Å². The minimum absolute atomic E-state index is 0.479. The van der Waals surface area contributed by atoms with Crippen LogP contribution in [0.25, 0.3) is 0 Å². The maximum absolute atomic E-state index is 5.88. The van der Waals surface area contributed by atoms with E-state index in [1.165, 1.54) is 0 Å². The van der Waals surface area contributed by atoms with E-state index in [0.717, 1.165) is 22.6 Å². The van der Waals surface area contributed by atoms with Gasteiger partial charge >= 0.3 is 0 Å². The molecule has 3 aromatic rings. The highest BCUT2D eigenvalue weighted by Gasteiger charge is 2.04. The fourth-order valence-corrected chi connectivity index (χ4v) is 2.48. The lowest BCUT2D eigenvalue weighted by atomic mass is 10.2. The Bertz CT molecular complexity index is 800. The quantitative estimate of drug-likeness (QED) is 0.631. The first-order valence-electron chi connectivity index (χ1n) is 7.48. The maximum Gasteiger partial charge on any atom is 0.122 e. The zero-order chi connectivity index (χ0) is 16.8. The first-order valence-corrected chi connectivity index (χ1v) is 8.27. The van der Waals surface area contributed by atoms with Gasteiger partial charge in [0.1, 0.15) is 23.1 Å². The zero-order valence-electron chi connectivity index (χ0n) is 12.9. The SMILES string of the molecule is S=C(NCc1ccco1)c1cccc(OCc2ccc(Cl)cc2)c1. The van der Waals surface area contributed by atoms with E-state index in [0.29, 0.717) is 23.2 Å². The van der Waals surface area contributed by atoms with Gasteiger partial charge in [-0.3, -0.25) is 0 Å². The highest BCUT2D eigenvalue weighted by molar-refractivity contribution is 7.80. The lowest BCUT2D eigenvalue weighted by molar-refractivity contribution is 0.306. The van der Waals surface area contributed by atoms with Crippen molar-refractivity contribution in [3.8, 4) is 5.75 Å². The molecule has 1 heterocycles. The van der Waals surface area contributed by atoms with Gasteiger partial charge in [0.25, 0.3) is 0 Å². The summed E-state index contributed by atoms with van der Waals surface area (Å²) in [6.07, 6.45) is 1.64. The van der Waals surface area contributed by atoms with Crippen LogP contribution in [-0.2, 0) is 13.2 Å². The number of hydrogen-bond acceptors (Lipinski definition) is 3. The number of thiocarbonyl (C=S) groups is 1. The molecule has 0 spiro atoms. The summed E-state index contributed by atoms with van der Waals surface area (Å²) in [4.78, 5) is 0.656. The minimum Gasteiger partial charge on any atom is -0.489 e. The Morgan fingerprint density at radius 2 is 1.92 bits per heavy atom. The highest BCUT2D eigenvalue weighted by atomic mass is 35.5. The molecule has 0 amide bonds. The van der Waals surface area contributed by atoms with Crippen molar-refractivity contribution in [2.45, 2.75) is 13.2 Å². The molecule has 0 radical (unpaired) electrons. The summed E-state index contributed by atoms with van der Waals surface area (Å²) >= 11 is 11.3. The second kappa shape index (κ2) is 7.99. The fourth-order valence-electron chi connectivity index (χ4n) is 2.16. The molecule has 0 fully saturated rings. The Morgan fingerprint density at radius 1 is 1.08 bits per heavy atom. The summed E-state index contributed by atoms with van der Waals surface area (Å²) in [6, 6.07) is 19.1. The van der Waals surface area contributed by atoms with Gasteiger partial charge < -0.3 is 14.5 Å². The van der Waals surface area contributed by atoms with Gasteiger partial charge in [0.15, 0.2) is 0 Å². The van der Waals surface area contributed by atoms with Gasteiger partial charge in [-0.15, -0.1) is 0 Å². The largest absolute Gasteiger partial charge is 0.489 e.